The molecule has 1 aromatic heterocycles. The van der Waals surface area contributed by atoms with Crippen molar-refractivity contribution in [2.75, 3.05) is 17.3 Å². The average molecular weight is 342 g/mol. The fourth-order valence-corrected chi connectivity index (χ4v) is 2.63. The molecule has 120 valence electrons. The summed E-state index contributed by atoms with van der Waals surface area (Å²) >= 11 is 1.68. The largest absolute Gasteiger partial charge is 0.440 e. The Morgan fingerprint density at radius 1 is 1.55 bits per heavy atom. The number of carbonyl (C=O) groups excluding carboxylic acids is 1. The van der Waals surface area contributed by atoms with Gasteiger partial charge in [0.25, 0.3) is 0 Å². The minimum atomic E-state index is -0.479. The second-order valence-corrected chi connectivity index (χ2v) is 6.37. The number of thioether (sulfide) groups is 1. The Labute approximate surface area is 139 Å². The molecule has 1 amide bonds. The predicted molar refractivity (Wildman–Crippen MR) is 92.8 cm³/mol. The average Bonchev–Trinajstić information content (AvgIpc) is 3.24. The minimum Gasteiger partial charge on any atom is -0.440 e. The van der Waals surface area contributed by atoms with Crippen molar-refractivity contribution in [1.29, 1.82) is 0 Å². The van der Waals surface area contributed by atoms with Crippen molar-refractivity contribution < 1.29 is 9.21 Å². The molecule has 1 fully saturated rings. The van der Waals surface area contributed by atoms with Gasteiger partial charge in [-0.3, -0.25) is 4.79 Å². The fraction of sp³-hybridized carbons (Fsp3) is 0.467. The summed E-state index contributed by atoms with van der Waals surface area (Å²) in [5.41, 5.74) is 8.12. The van der Waals surface area contributed by atoms with Gasteiger partial charge in [-0.2, -0.15) is 11.8 Å². The number of benzene rings is 1. The highest BCUT2D eigenvalue weighted by Crippen LogP contribution is 2.40. The number of nitrogens with one attached hydrogen (secondary N) is 1. The zero-order valence-electron chi connectivity index (χ0n) is 12.4. The Morgan fingerprint density at radius 2 is 2.32 bits per heavy atom. The minimum absolute atomic E-state index is 0. The number of carbonyl (C=O) groups is 1. The van der Waals surface area contributed by atoms with Crippen molar-refractivity contribution >= 4 is 46.9 Å². The first-order valence-electron chi connectivity index (χ1n) is 7.13. The molecule has 0 unspecified atom stereocenters. The first kappa shape index (κ1) is 17.1. The number of rotatable bonds is 6. The Morgan fingerprint density at radius 3 is 3.00 bits per heavy atom. The number of hydrogen-bond acceptors (Lipinski definition) is 5. The van der Waals surface area contributed by atoms with E-state index >= 15 is 0 Å². The lowest BCUT2D eigenvalue weighted by Gasteiger charge is -2.11. The number of aromatic nitrogens is 1. The molecule has 22 heavy (non-hydrogen) atoms. The zero-order valence-corrected chi connectivity index (χ0v) is 14.0. The molecule has 5 nitrogen and oxygen atoms in total. The summed E-state index contributed by atoms with van der Waals surface area (Å²) in [4.78, 5) is 16.5. The summed E-state index contributed by atoms with van der Waals surface area (Å²) in [7, 11) is 0. The molecule has 0 aliphatic heterocycles. The van der Waals surface area contributed by atoms with Crippen LogP contribution in [0, 0.1) is 0 Å². The van der Waals surface area contributed by atoms with E-state index in [1.54, 1.807) is 11.8 Å². The maximum atomic E-state index is 12.0. The van der Waals surface area contributed by atoms with Crippen LogP contribution >= 0.6 is 24.2 Å². The quantitative estimate of drug-likeness (QED) is 0.843. The van der Waals surface area contributed by atoms with Crippen LogP contribution in [0.15, 0.2) is 22.6 Å². The van der Waals surface area contributed by atoms with Crippen molar-refractivity contribution in [2.24, 2.45) is 5.73 Å². The first-order valence-corrected chi connectivity index (χ1v) is 8.52. The van der Waals surface area contributed by atoms with Gasteiger partial charge in [-0.25, -0.2) is 4.98 Å². The van der Waals surface area contributed by atoms with Crippen LogP contribution in [0.2, 0.25) is 0 Å². The van der Waals surface area contributed by atoms with E-state index in [-0.39, 0.29) is 18.3 Å². The van der Waals surface area contributed by atoms with Crippen LogP contribution in [0.1, 0.15) is 31.1 Å². The number of amides is 1. The molecule has 0 radical (unpaired) electrons. The van der Waals surface area contributed by atoms with Gasteiger partial charge in [-0.1, -0.05) is 0 Å². The van der Waals surface area contributed by atoms with Gasteiger partial charge in [-0.05, 0) is 49.5 Å². The lowest BCUT2D eigenvalue weighted by molar-refractivity contribution is -0.117. The van der Waals surface area contributed by atoms with E-state index in [2.05, 4.69) is 10.3 Å². The van der Waals surface area contributed by atoms with Gasteiger partial charge in [0.15, 0.2) is 11.5 Å². The van der Waals surface area contributed by atoms with E-state index in [1.165, 1.54) is 0 Å². The molecule has 7 heteroatoms. The number of halogens is 1. The van der Waals surface area contributed by atoms with Gasteiger partial charge in [-0.15, -0.1) is 12.4 Å². The highest BCUT2D eigenvalue weighted by atomic mass is 35.5. The first-order chi connectivity index (χ1) is 10.2. The molecule has 3 N–H and O–H groups in total. The van der Waals surface area contributed by atoms with E-state index in [4.69, 9.17) is 10.2 Å². The highest BCUT2D eigenvalue weighted by molar-refractivity contribution is 7.98. The molecule has 1 aliphatic carbocycles. The molecule has 1 heterocycles. The molecule has 1 aliphatic rings. The van der Waals surface area contributed by atoms with E-state index in [9.17, 15) is 4.79 Å². The molecule has 1 saturated carbocycles. The van der Waals surface area contributed by atoms with Crippen molar-refractivity contribution in [3.8, 4) is 0 Å². The molecule has 0 saturated heterocycles. The van der Waals surface area contributed by atoms with Crippen LogP contribution in [-0.4, -0.2) is 28.9 Å². The van der Waals surface area contributed by atoms with Crippen LogP contribution < -0.4 is 11.1 Å². The maximum absolute atomic E-state index is 12.0. The number of nitrogens with two attached hydrogens (primary N) is 1. The van der Waals surface area contributed by atoms with Crippen LogP contribution in [0.5, 0.6) is 0 Å². The van der Waals surface area contributed by atoms with Crippen LogP contribution in [0.4, 0.5) is 5.69 Å². The topological polar surface area (TPSA) is 81.2 Å². The van der Waals surface area contributed by atoms with Gasteiger partial charge in [0.2, 0.25) is 5.91 Å². The summed E-state index contributed by atoms with van der Waals surface area (Å²) in [5, 5.41) is 2.84. The predicted octanol–water partition coefficient (Wildman–Crippen LogP) is 3.15. The molecular formula is C15H20ClN3O2S. The molecule has 0 bridgehead atoms. The van der Waals surface area contributed by atoms with Crippen molar-refractivity contribution in [3.63, 3.8) is 0 Å². The summed E-state index contributed by atoms with van der Waals surface area (Å²) in [6.45, 7) is 0. The molecule has 2 aromatic rings. The maximum Gasteiger partial charge on any atom is 0.241 e. The van der Waals surface area contributed by atoms with Gasteiger partial charge < -0.3 is 15.5 Å². The number of hydrogen-bond donors (Lipinski definition) is 2. The zero-order chi connectivity index (χ0) is 14.8. The van der Waals surface area contributed by atoms with Gasteiger partial charge in [0, 0.05) is 11.6 Å². The number of anilines is 1. The summed E-state index contributed by atoms with van der Waals surface area (Å²) in [5.74, 6) is 2.01. The van der Waals surface area contributed by atoms with Crippen molar-refractivity contribution in [3.05, 3.63) is 24.1 Å². The van der Waals surface area contributed by atoms with Crippen LogP contribution in [0.25, 0.3) is 11.1 Å². The fourth-order valence-electron chi connectivity index (χ4n) is 2.14. The van der Waals surface area contributed by atoms with E-state index in [1.807, 2.05) is 24.5 Å². The third kappa shape index (κ3) is 3.94. The smallest absolute Gasteiger partial charge is 0.241 e. The standard InChI is InChI=1S/C15H19N3O2S.ClH/c1-21-7-6-11(16)14(19)17-10-4-5-13-12(8-10)18-15(20-13)9-2-3-9;/h4-5,8-9,11H,2-3,6-7,16H2,1H3,(H,17,19);1H/t11-;/m0./s1. The summed E-state index contributed by atoms with van der Waals surface area (Å²) in [6, 6.07) is 5.03. The third-order valence-corrected chi connectivity index (χ3v) is 4.21. The molecular weight excluding hydrogens is 322 g/mol. The Hall–Kier alpha value is -1.24. The highest BCUT2D eigenvalue weighted by Gasteiger charge is 2.28. The lowest BCUT2D eigenvalue weighted by atomic mass is 10.2. The van der Waals surface area contributed by atoms with Crippen LogP contribution in [-0.2, 0) is 4.79 Å². The van der Waals surface area contributed by atoms with E-state index in [0.29, 0.717) is 18.0 Å². The third-order valence-electron chi connectivity index (χ3n) is 3.57. The monoisotopic (exact) mass is 341 g/mol. The van der Waals surface area contributed by atoms with Crippen molar-refractivity contribution in [1.82, 2.24) is 4.98 Å². The van der Waals surface area contributed by atoms with Crippen molar-refractivity contribution in [2.45, 2.75) is 31.2 Å². The van der Waals surface area contributed by atoms with Crippen LogP contribution in [0.3, 0.4) is 0 Å². The second kappa shape index (κ2) is 7.35. The molecule has 0 spiro atoms. The second-order valence-electron chi connectivity index (χ2n) is 5.39. The molecule has 1 aromatic carbocycles. The number of nitrogens with zero attached hydrogens (tertiary/aromatic N) is 1. The summed E-state index contributed by atoms with van der Waals surface area (Å²) in [6.07, 6.45) is 4.98. The van der Waals surface area contributed by atoms with E-state index in [0.717, 1.165) is 35.6 Å². The number of oxazole rings is 1. The van der Waals surface area contributed by atoms with Gasteiger partial charge >= 0.3 is 0 Å². The van der Waals surface area contributed by atoms with E-state index < -0.39 is 6.04 Å². The SMILES string of the molecule is CSCC[C@H](N)C(=O)Nc1ccc2oc(C3CC3)nc2c1.Cl. The number of fused-ring (bicyclic) bond motifs is 1. The Kier molecular flexibility index (Phi) is 5.72. The lowest BCUT2D eigenvalue weighted by Crippen LogP contribution is -2.36. The summed E-state index contributed by atoms with van der Waals surface area (Å²) < 4.78 is 5.70. The molecule has 3 rings (SSSR count). The Bertz CT molecular complexity index is 657. The normalized spacial score (nSPS) is 15.4. The van der Waals surface area contributed by atoms with Gasteiger partial charge in [0.05, 0.1) is 6.04 Å². The van der Waals surface area contributed by atoms with Gasteiger partial charge in [0.1, 0.15) is 5.52 Å². The Balaban J connectivity index is 0.00000176. The molecule has 1 atom stereocenters.